The van der Waals surface area contributed by atoms with E-state index in [-0.39, 0.29) is 68.2 Å². The summed E-state index contributed by atoms with van der Waals surface area (Å²) in [6.45, 7) is 0.939. The number of benzene rings is 4. The molecule has 1 aromatic heterocycles. The number of esters is 1. The van der Waals surface area contributed by atoms with Crippen LogP contribution in [0.4, 0.5) is 13.6 Å². The zero-order valence-electron chi connectivity index (χ0n) is 38.9. The minimum absolute atomic E-state index is 0.0609. The van der Waals surface area contributed by atoms with Gasteiger partial charge in [0.2, 0.25) is 10.0 Å². The molecule has 0 radical (unpaired) electrons. The summed E-state index contributed by atoms with van der Waals surface area (Å²) < 4.78 is 84.5. The van der Waals surface area contributed by atoms with Crippen LogP contribution in [0, 0.1) is 11.8 Å². The third kappa shape index (κ3) is 13.1. The molecule has 10 rings (SSSR count). The number of piperidine rings is 3. The molecule has 14 nitrogen and oxygen atoms in total. The molecule has 3 atom stereocenters. The average Bonchev–Trinajstić information content (AvgIpc) is 4.21. The number of rotatable bonds is 20. The Morgan fingerprint density at radius 1 is 0.775 bits per heavy atom. The summed E-state index contributed by atoms with van der Waals surface area (Å²) in [4.78, 5) is 34.1. The Bertz CT molecular complexity index is 2720. The van der Waals surface area contributed by atoms with Crippen LogP contribution in [0.15, 0.2) is 114 Å². The second-order valence-corrected chi connectivity index (χ2v) is 21.2. The number of alkyl halides is 2. The molecule has 4 saturated heterocycles. The Kier molecular flexibility index (Phi) is 16.2. The molecule has 1 amide bonds. The fourth-order valence-corrected chi connectivity index (χ4v) is 11.3. The fraction of sp³-hybridized carbons (Fsp3) is 0.404. The van der Waals surface area contributed by atoms with Gasteiger partial charge in [-0.25, -0.2) is 18.2 Å². The second kappa shape index (κ2) is 22.9. The lowest BCUT2D eigenvalue weighted by molar-refractivity contribution is -0.377. The van der Waals surface area contributed by atoms with Crippen molar-refractivity contribution in [1.82, 2.24) is 19.4 Å². The Morgan fingerprint density at radius 3 is 2.17 bits per heavy atom. The largest absolute Gasteiger partial charge is 0.489 e. The number of amides is 1. The van der Waals surface area contributed by atoms with Gasteiger partial charge in [-0.15, -0.1) is 0 Å². The molecule has 376 valence electrons. The summed E-state index contributed by atoms with van der Waals surface area (Å²) >= 11 is 13.0. The monoisotopic (exact) mass is 1030 g/mol. The number of nitrogens with one attached hydrogen (secondary N) is 2. The molecule has 19 heteroatoms. The quantitative estimate of drug-likeness (QED) is 0.0748. The van der Waals surface area contributed by atoms with Gasteiger partial charge >= 0.3 is 18.7 Å². The van der Waals surface area contributed by atoms with Crippen molar-refractivity contribution in [2.45, 2.75) is 68.5 Å². The third-order valence-electron chi connectivity index (χ3n) is 13.5. The Morgan fingerprint density at radius 2 is 1.49 bits per heavy atom. The van der Waals surface area contributed by atoms with Crippen molar-refractivity contribution in [2.24, 2.45) is 11.8 Å². The van der Waals surface area contributed by atoms with E-state index >= 15 is 0 Å². The van der Waals surface area contributed by atoms with Crippen LogP contribution in [0.3, 0.4) is 0 Å². The first-order chi connectivity index (χ1) is 34.3. The first-order valence-corrected chi connectivity index (χ1v) is 26.1. The summed E-state index contributed by atoms with van der Waals surface area (Å²) in [5, 5.41) is 3.72. The van der Waals surface area contributed by atoms with Crippen molar-refractivity contribution in [3.8, 4) is 17.2 Å². The summed E-state index contributed by atoms with van der Waals surface area (Å²) in [5.41, 5.74) is 3.42. The highest BCUT2D eigenvalue weighted by Crippen LogP contribution is 2.38. The average molecular weight is 1040 g/mol. The SMILES string of the molecule is O=C(CN1CCN(S(=O)(=O)c2ccc(COc3cccc([C@@H](NC(=O)OC4CN5CCC4CC5)c4ccccc4)c3)cc2)CC1)O[C@@H](Cc1c(Cl)c[nH+]cc1Cl)c1ccc(OC(F)F)c(OCC2CC2)c1. The zero-order valence-corrected chi connectivity index (χ0v) is 41.2. The molecule has 71 heavy (non-hydrogen) atoms. The number of alkyl carbamates (subject to hydrolysis) is 1. The molecule has 2 N–H and O–H groups in total. The van der Waals surface area contributed by atoms with Gasteiger partial charge in [0.25, 0.3) is 0 Å². The number of carbonyl (C=O) groups excluding carboxylic acids is 2. The maximum absolute atomic E-state index is 13.8. The van der Waals surface area contributed by atoms with Crippen LogP contribution in [-0.2, 0) is 37.3 Å². The van der Waals surface area contributed by atoms with Crippen LogP contribution < -0.4 is 24.5 Å². The van der Waals surface area contributed by atoms with Crippen LogP contribution in [0.25, 0.3) is 0 Å². The number of ether oxygens (including phenoxy) is 5. The number of hydrogen-bond acceptors (Lipinski definition) is 11. The van der Waals surface area contributed by atoms with Crippen LogP contribution in [0.5, 0.6) is 17.2 Å². The normalized spacial score (nSPS) is 20.2. The van der Waals surface area contributed by atoms with Crippen LogP contribution in [0.1, 0.15) is 65.6 Å². The molecule has 0 spiro atoms. The highest BCUT2D eigenvalue weighted by atomic mass is 35.5. The van der Waals surface area contributed by atoms with E-state index in [0.29, 0.717) is 45.4 Å². The minimum Gasteiger partial charge on any atom is -0.489 e. The summed E-state index contributed by atoms with van der Waals surface area (Å²) in [7, 11) is -3.88. The van der Waals surface area contributed by atoms with Crippen LogP contribution >= 0.6 is 23.2 Å². The molecule has 2 bridgehead atoms. The number of fused-ring (bicyclic) bond motifs is 3. The molecule has 5 aromatic rings. The van der Waals surface area contributed by atoms with E-state index in [0.717, 1.165) is 62.0 Å². The van der Waals surface area contributed by atoms with E-state index in [4.69, 9.17) is 46.9 Å². The van der Waals surface area contributed by atoms with Crippen LogP contribution in [-0.4, -0.2) is 106 Å². The smallest absolute Gasteiger partial charge is 0.408 e. The van der Waals surface area contributed by atoms with Gasteiger partial charge in [-0.2, -0.15) is 13.1 Å². The van der Waals surface area contributed by atoms with Crippen molar-refractivity contribution in [3.05, 3.63) is 147 Å². The zero-order chi connectivity index (χ0) is 49.5. The topological polar surface area (TPSA) is 150 Å². The number of sulfonamides is 1. The Balaban J connectivity index is 0.793. The number of halogens is 4. The maximum atomic E-state index is 13.8. The number of nitrogens with zero attached hydrogens (tertiary/aromatic N) is 3. The highest BCUT2D eigenvalue weighted by Gasteiger charge is 2.37. The Labute approximate surface area is 422 Å². The minimum atomic E-state index is -3.88. The van der Waals surface area contributed by atoms with Gasteiger partial charge in [-0.05, 0) is 109 Å². The number of H-pyrrole nitrogens is 1. The Hall–Kier alpha value is -5.56. The third-order valence-corrected chi connectivity index (χ3v) is 16.1. The lowest BCUT2D eigenvalue weighted by Gasteiger charge is -2.43. The molecule has 4 aliphatic heterocycles. The molecule has 5 heterocycles. The van der Waals surface area contributed by atoms with Gasteiger partial charge in [-0.3, -0.25) is 14.6 Å². The number of aromatic amines is 1. The van der Waals surface area contributed by atoms with Crippen molar-refractivity contribution >= 4 is 45.3 Å². The predicted molar refractivity (Wildman–Crippen MR) is 260 cm³/mol. The van der Waals surface area contributed by atoms with Gasteiger partial charge in [-0.1, -0.05) is 83.9 Å². The van der Waals surface area contributed by atoms with E-state index in [1.165, 1.54) is 22.5 Å². The van der Waals surface area contributed by atoms with Gasteiger partial charge in [0.1, 0.15) is 34.6 Å². The molecule has 4 aromatic carbocycles. The van der Waals surface area contributed by atoms with Crippen molar-refractivity contribution < 1.29 is 55.5 Å². The number of pyridine rings is 1. The lowest BCUT2D eigenvalue weighted by Crippen LogP contribution is -2.52. The predicted octanol–water partition coefficient (Wildman–Crippen LogP) is 8.52. The summed E-state index contributed by atoms with van der Waals surface area (Å²) in [6.07, 6.45) is 5.65. The number of aromatic nitrogens is 1. The van der Waals surface area contributed by atoms with E-state index < -0.39 is 40.8 Å². The fourth-order valence-electron chi connectivity index (χ4n) is 9.31. The molecular formula is C52H56Cl2F2N5O9S+. The van der Waals surface area contributed by atoms with E-state index in [9.17, 15) is 26.8 Å². The number of piperazine rings is 1. The molecule has 5 aliphatic rings. The van der Waals surface area contributed by atoms with Gasteiger partial charge in [0.05, 0.1) is 24.1 Å². The van der Waals surface area contributed by atoms with Crippen molar-refractivity contribution in [1.29, 1.82) is 0 Å². The number of hydrogen-bond donors (Lipinski definition) is 1. The first kappa shape index (κ1) is 50.4. The van der Waals surface area contributed by atoms with Crippen molar-refractivity contribution in [2.75, 3.05) is 59.0 Å². The summed E-state index contributed by atoms with van der Waals surface area (Å²) in [5.74, 6) is 0.649. The molecule has 1 saturated carbocycles. The molecule has 5 fully saturated rings. The lowest BCUT2D eigenvalue weighted by atomic mass is 9.86. The molecule has 1 aliphatic carbocycles. The van der Waals surface area contributed by atoms with Gasteiger partial charge < -0.3 is 29.0 Å². The molecular weight excluding hydrogens is 980 g/mol. The van der Waals surface area contributed by atoms with Crippen LogP contribution in [0.2, 0.25) is 10.0 Å². The molecule has 1 unspecified atom stereocenters. The second-order valence-electron chi connectivity index (χ2n) is 18.4. The standard InChI is InChI=1S/C52H55Cl2F2N5O9S/c53-43-28-57-29-44(54)42(43)27-46(38-13-16-45(69-51(55)56)47(26-38)67-33-34-9-10-34)68-49(62)31-60-21-23-61(24-22-60)71(64,65)41-14-11-35(12-15-41)32-66-40-8-4-7-39(25-40)50(37-5-2-1-3-6-37)58-52(63)70-48-30-59-19-17-36(48)18-20-59/h1-8,11-16,25-26,28-29,34,36,46,48,50-51H,9-10,17-24,27,30-33H2,(H,58,63)/p+1/t46-,48?,50-/m0/s1. The van der Waals surface area contributed by atoms with Crippen molar-refractivity contribution in [3.63, 3.8) is 0 Å². The highest BCUT2D eigenvalue weighted by molar-refractivity contribution is 7.89. The number of carbonyl (C=O) groups is 2. The van der Waals surface area contributed by atoms with E-state index in [1.807, 2.05) is 59.5 Å². The summed E-state index contributed by atoms with van der Waals surface area (Å²) in [6, 6.07) is 27.7. The van der Waals surface area contributed by atoms with Gasteiger partial charge in [0, 0.05) is 44.7 Å². The van der Waals surface area contributed by atoms with Gasteiger partial charge in [0.15, 0.2) is 23.9 Å². The van der Waals surface area contributed by atoms with E-state index in [2.05, 4.69) is 15.2 Å². The van der Waals surface area contributed by atoms with E-state index in [1.54, 1.807) is 36.7 Å². The first-order valence-electron chi connectivity index (χ1n) is 23.9. The maximum Gasteiger partial charge on any atom is 0.408 e.